The summed E-state index contributed by atoms with van der Waals surface area (Å²) in [5.74, 6) is -0.135. The Bertz CT molecular complexity index is 898. The molecule has 0 atom stereocenters. The van der Waals surface area contributed by atoms with E-state index in [4.69, 9.17) is 0 Å². The number of hydrogen-bond acceptors (Lipinski definition) is 3. The minimum Gasteiger partial charge on any atom is -0.351 e. The summed E-state index contributed by atoms with van der Waals surface area (Å²) in [5, 5.41) is 8.43. The standard InChI is InChI=1S/C20H24N4O/c1-4-5-8-11-21-20(25)18-12-19(24-15(3)14(2)13-22-24)16-9-6-7-10-17(16)23-18/h6-7,9-10,12-13H,4-5,8,11H2,1-3H3,(H,21,25). The number of fused-ring (bicyclic) bond motifs is 1. The molecule has 3 aromatic rings. The maximum Gasteiger partial charge on any atom is 0.269 e. The number of carbonyl (C=O) groups is 1. The molecule has 25 heavy (non-hydrogen) atoms. The average Bonchev–Trinajstić information content (AvgIpc) is 2.96. The van der Waals surface area contributed by atoms with E-state index in [0.717, 1.165) is 47.1 Å². The first-order valence-corrected chi connectivity index (χ1v) is 8.81. The molecule has 0 fully saturated rings. The molecule has 1 amide bonds. The zero-order valence-corrected chi connectivity index (χ0v) is 15.0. The van der Waals surface area contributed by atoms with Gasteiger partial charge in [0.1, 0.15) is 5.69 Å². The predicted molar refractivity (Wildman–Crippen MR) is 100 cm³/mol. The van der Waals surface area contributed by atoms with Crippen molar-refractivity contribution in [1.29, 1.82) is 0 Å². The van der Waals surface area contributed by atoms with Crippen LogP contribution in [0.25, 0.3) is 16.6 Å². The molecule has 0 spiro atoms. The second kappa shape index (κ2) is 7.47. The molecule has 5 nitrogen and oxygen atoms in total. The van der Waals surface area contributed by atoms with Crippen LogP contribution in [0.15, 0.2) is 36.5 Å². The van der Waals surface area contributed by atoms with Gasteiger partial charge in [0.2, 0.25) is 0 Å². The van der Waals surface area contributed by atoms with E-state index in [1.807, 2.05) is 55.1 Å². The van der Waals surface area contributed by atoms with Crippen molar-refractivity contribution in [2.24, 2.45) is 0 Å². The van der Waals surface area contributed by atoms with Gasteiger partial charge in [-0.2, -0.15) is 5.10 Å². The second-order valence-electron chi connectivity index (χ2n) is 6.33. The predicted octanol–water partition coefficient (Wildman–Crippen LogP) is 3.96. The van der Waals surface area contributed by atoms with Crippen LogP contribution in [0.1, 0.15) is 47.9 Å². The Balaban J connectivity index is 2.01. The molecule has 5 heteroatoms. The molecule has 0 bridgehead atoms. The van der Waals surface area contributed by atoms with Crippen molar-refractivity contribution in [3.8, 4) is 5.69 Å². The summed E-state index contributed by atoms with van der Waals surface area (Å²) >= 11 is 0. The molecule has 0 saturated carbocycles. The van der Waals surface area contributed by atoms with Gasteiger partial charge < -0.3 is 5.32 Å². The number of pyridine rings is 1. The average molecular weight is 336 g/mol. The van der Waals surface area contributed by atoms with E-state index in [1.165, 1.54) is 0 Å². The Morgan fingerprint density at radius 1 is 1.20 bits per heavy atom. The summed E-state index contributed by atoms with van der Waals surface area (Å²) in [4.78, 5) is 17.1. The fourth-order valence-corrected chi connectivity index (χ4v) is 2.85. The van der Waals surface area contributed by atoms with E-state index in [-0.39, 0.29) is 5.91 Å². The molecule has 1 aromatic carbocycles. The number of rotatable bonds is 6. The number of carbonyl (C=O) groups excluding carboxylic acids is 1. The zero-order valence-electron chi connectivity index (χ0n) is 15.0. The molecule has 0 saturated heterocycles. The van der Waals surface area contributed by atoms with E-state index in [1.54, 1.807) is 0 Å². The number of hydrogen-bond donors (Lipinski definition) is 1. The number of unbranched alkanes of at least 4 members (excludes halogenated alkanes) is 2. The minimum absolute atomic E-state index is 0.135. The highest BCUT2D eigenvalue weighted by atomic mass is 16.1. The van der Waals surface area contributed by atoms with Crippen molar-refractivity contribution in [1.82, 2.24) is 20.1 Å². The normalized spacial score (nSPS) is 11.0. The molecular weight excluding hydrogens is 312 g/mol. The first-order chi connectivity index (χ1) is 12.1. The first kappa shape index (κ1) is 17.1. The Kier molecular flexibility index (Phi) is 5.12. The van der Waals surface area contributed by atoms with Gasteiger partial charge in [-0.3, -0.25) is 4.79 Å². The number of nitrogens with zero attached hydrogens (tertiary/aromatic N) is 3. The van der Waals surface area contributed by atoms with Gasteiger partial charge in [-0.1, -0.05) is 38.0 Å². The molecule has 2 aromatic heterocycles. The topological polar surface area (TPSA) is 59.8 Å². The summed E-state index contributed by atoms with van der Waals surface area (Å²) < 4.78 is 1.88. The lowest BCUT2D eigenvalue weighted by molar-refractivity contribution is 0.0948. The van der Waals surface area contributed by atoms with Gasteiger partial charge >= 0.3 is 0 Å². The Labute approximate surface area is 148 Å². The smallest absolute Gasteiger partial charge is 0.269 e. The number of benzene rings is 1. The van der Waals surface area contributed by atoms with Crippen molar-refractivity contribution in [3.05, 3.63) is 53.5 Å². The fraction of sp³-hybridized carbons (Fsp3) is 0.350. The SMILES string of the molecule is CCCCCNC(=O)c1cc(-n2ncc(C)c2C)c2ccccc2n1. The maximum atomic E-state index is 12.5. The van der Waals surface area contributed by atoms with E-state index < -0.39 is 0 Å². The van der Waals surface area contributed by atoms with Gasteiger partial charge in [-0.15, -0.1) is 0 Å². The van der Waals surface area contributed by atoms with Crippen LogP contribution in [0.5, 0.6) is 0 Å². The van der Waals surface area contributed by atoms with Crippen LogP contribution >= 0.6 is 0 Å². The van der Waals surface area contributed by atoms with Crippen molar-refractivity contribution in [2.45, 2.75) is 40.0 Å². The third-order valence-electron chi connectivity index (χ3n) is 4.48. The van der Waals surface area contributed by atoms with Gasteiger partial charge in [-0.05, 0) is 38.0 Å². The van der Waals surface area contributed by atoms with E-state index in [2.05, 4.69) is 22.3 Å². The Hall–Kier alpha value is -2.69. The number of amides is 1. The molecule has 0 aliphatic rings. The van der Waals surface area contributed by atoms with Crippen molar-refractivity contribution >= 4 is 16.8 Å². The van der Waals surface area contributed by atoms with Crippen molar-refractivity contribution < 1.29 is 4.79 Å². The monoisotopic (exact) mass is 336 g/mol. The molecule has 0 radical (unpaired) electrons. The summed E-state index contributed by atoms with van der Waals surface area (Å²) in [5.41, 5.74) is 4.29. The Morgan fingerprint density at radius 2 is 2.00 bits per heavy atom. The highest BCUT2D eigenvalue weighted by Gasteiger charge is 2.15. The molecule has 0 aliphatic carbocycles. The van der Waals surface area contributed by atoms with Gasteiger partial charge in [0.05, 0.1) is 17.4 Å². The van der Waals surface area contributed by atoms with E-state index in [9.17, 15) is 4.79 Å². The Morgan fingerprint density at radius 3 is 2.72 bits per heavy atom. The fourth-order valence-electron chi connectivity index (χ4n) is 2.85. The largest absolute Gasteiger partial charge is 0.351 e. The molecule has 130 valence electrons. The van der Waals surface area contributed by atoms with Crippen LogP contribution in [0.3, 0.4) is 0 Å². The summed E-state index contributed by atoms with van der Waals surface area (Å²) in [6, 6.07) is 9.68. The first-order valence-electron chi connectivity index (χ1n) is 8.81. The minimum atomic E-state index is -0.135. The van der Waals surface area contributed by atoms with Crippen LogP contribution in [-0.4, -0.2) is 27.2 Å². The van der Waals surface area contributed by atoms with Crippen LogP contribution < -0.4 is 5.32 Å². The number of para-hydroxylation sites is 1. The van der Waals surface area contributed by atoms with Crippen LogP contribution in [0, 0.1) is 13.8 Å². The van der Waals surface area contributed by atoms with E-state index in [0.29, 0.717) is 12.2 Å². The molecule has 2 heterocycles. The second-order valence-corrected chi connectivity index (χ2v) is 6.33. The van der Waals surface area contributed by atoms with Crippen LogP contribution in [-0.2, 0) is 0 Å². The van der Waals surface area contributed by atoms with Gasteiger partial charge in [0, 0.05) is 17.6 Å². The summed E-state index contributed by atoms with van der Waals surface area (Å²) in [6.07, 6.45) is 5.07. The summed E-state index contributed by atoms with van der Waals surface area (Å²) in [6.45, 7) is 6.88. The molecule has 0 unspecified atom stereocenters. The van der Waals surface area contributed by atoms with Crippen molar-refractivity contribution in [2.75, 3.05) is 6.54 Å². The van der Waals surface area contributed by atoms with E-state index >= 15 is 0 Å². The highest BCUT2D eigenvalue weighted by molar-refractivity contribution is 5.97. The molecule has 1 N–H and O–H groups in total. The summed E-state index contributed by atoms with van der Waals surface area (Å²) in [7, 11) is 0. The van der Waals surface area contributed by atoms with Crippen molar-refractivity contribution in [3.63, 3.8) is 0 Å². The molecule has 0 aliphatic heterocycles. The number of aromatic nitrogens is 3. The lowest BCUT2D eigenvalue weighted by Crippen LogP contribution is -2.25. The maximum absolute atomic E-state index is 12.5. The number of nitrogens with one attached hydrogen (secondary N) is 1. The number of aryl methyl sites for hydroxylation is 1. The molecule has 3 rings (SSSR count). The van der Waals surface area contributed by atoms with Crippen LogP contribution in [0.4, 0.5) is 0 Å². The van der Waals surface area contributed by atoms with Gasteiger partial charge in [-0.25, -0.2) is 9.67 Å². The zero-order chi connectivity index (χ0) is 17.8. The third-order valence-corrected chi connectivity index (χ3v) is 4.48. The lowest BCUT2D eigenvalue weighted by Gasteiger charge is -2.12. The van der Waals surface area contributed by atoms with Gasteiger partial charge in [0.25, 0.3) is 5.91 Å². The quantitative estimate of drug-likeness (QED) is 0.693. The van der Waals surface area contributed by atoms with Gasteiger partial charge in [0.15, 0.2) is 0 Å². The third kappa shape index (κ3) is 3.55. The highest BCUT2D eigenvalue weighted by Crippen LogP contribution is 2.23. The van der Waals surface area contributed by atoms with Crippen LogP contribution in [0.2, 0.25) is 0 Å². The molecular formula is C20H24N4O. The lowest BCUT2D eigenvalue weighted by atomic mass is 10.1.